The minimum absolute atomic E-state index is 0.00451. The second-order valence-corrected chi connectivity index (χ2v) is 5.49. The lowest BCUT2D eigenvalue weighted by Crippen LogP contribution is -2.38. The minimum atomic E-state index is -0.00451. The molecule has 0 aliphatic carbocycles. The molecule has 0 saturated heterocycles. The van der Waals surface area contributed by atoms with E-state index in [0.29, 0.717) is 6.61 Å². The number of rotatable bonds is 0. The van der Waals surface area contributed by atoms with Crippen molar-refractivity contribution >= 4 is 10.8 Å². The first-order valence-corrected chi connectivity index (χ1v) is 5.99. The largest absolute Gasteiger partial charge is 0.493 e. The molecule has 0 fully saturated rings. The molecule has 2 heteroatoms. The summed E-state index contributed by atoms with van der Waals surface area (Å²) in [6.45, 7) is 4.98. The Kier molecular flexibility index (Phi) is 2.17. The van der Waals surface area contributed by atoms with Gasteiger partial charge in [0, 0.05) is 17.0 Å². The quantitative estimate of drug-likeness (QED) is 0.749. The van der Waals surface area contributed by atoms with Crippen molar-refractivity contribution in [1.29, 1.82) is 0 Å². The van der Waals surface area contributed by atoms with Crippen LogP contribution < -0.4 is 10.5 Å². The Morgan fingerprint density at radius 2 is 1.82 bits per heavy atom. The first kappa shape index (κ1) is 10.6. The standard InChI is InChI=1S/C15H17NO/c1-15(2)9-17-13-8-11-6-4-3-5-10(11)7-12(13)14(15)16/h3-8,14H,9,16H2,1-2H3. The van der Waals surface area contributed by atoms with Gasteiger partial charge in [-0.3, -0.25) is 0 Å². The summed E-state index contributed by atoms with van der Waals surface area (Å²) in [5.41, 5.74) is 7.46. The molecule has 0 aromatic heterocycles. The fourth-order valence-corrected chi connectivity index (χ4v) is 2.38. The Labute approximate surface area is 101 Å². The van der Waals surface area contributed by atoms with E-state index in [1.165, 1.54) is 10.8 Å². The van der Waals surface area contributed by atoms with Crippen molar-refractivity contribution in [2.24, 2.45) is 11.1 Å². The van der Waals surface area contributed by atoms with Gasteiger partial charge in [-0.15, -0.1) is 0 Å². The van der Waals surface area contributed by atoms with Gasteiger partial charge in [-0.05, 0) is 22.9 Å². The summed E-state index contributed by atoms with van der Waals surface area (Å²) in [6.07, 6.45) is 0. The molecule has 0 radical (unpaired) electrons. The van der Waals surface area contributed by atoms with Crippen molar-refractivity contribution in [1.82, 2.24) is 0 Å². The zero-order chi connectivity index (χ0) is 12.0. The van der Waals surface area contributed by atoms with Crippen LogP contribution in [-0.4, -0.2) is 6.61 Å². The fourth-order valence-electron chi connectivity index (χ4n) is 2.38. The Hall–Kier alpha value is -1.54. The third kappa shape index (κ3) is 1.60. The number of benzene rings is 2. The molecule has 0 amide bonds. The van der Waals surface area contributed by atoms with Crippen LogP contribution in [0.4, 0.5) is 0 Å². The third-order valence-electron chi connectivity index (χ3n) is 3.65. The lowest BCUT2D eigenvalue weighted by Gasteiger charge is -2.37. The Morgan fingerprint density at radius 1 is 1.18 bits per heavy atom. The maximum absolute atomic E-state index is 6.34. The number of hydrogen-bond acceptors (Lipinski definition) is 2. The molecule has 3 rings (SSSR count). The zero-order valence-electron chi connectivity index (χ0n) is 10.2. The van der Waals surface area contributed by atoms with Gasteiger partial charge in [0.2, 0.25) is 0 Å². The van der Waals surface area contributed by atoms with E-state index in [4.69, 9.17) is 10.5 Å². The van der Waals surface area contributed by atoms with E-state index >= 15 is 0 Å². The first-order chi connectivity index (χ1) is 8.08. The second-order valence-electron chi connectivity index (χ2n) is 5.49. The first-order valence-electron chi connectivity index (χ1n) is 5.99. The molecule has 1 heterocycles. The molecule has 1 unspecified atom stereocenters. The topological polar surface area (TPSA) is 35.2 Å². The Morgan fingerprint density at radius 3 is 2.53 bits per heavy atom. The molecular formula is C15H17NO. The van der Waals surface area contributed by atoms with Gasteiger partial charge < -0.3 is 10.5 Å². The SMILES string of the molecule is CC1(C)COc2cc3ccccc3cc2C1N. The average molecular weight is 227 g/mol. The van der Waals surface area contributed by atoms with Gasteiger partial charge in [-0.1, -0.05) is 38.1 Å². The van der Waals surface area contributed by atoms with Crippen molar-refractivity contribution in [3.8, 4) is 5.75 Å². The summed E-state index contributed by atoms with van der Waals surface area (Å²) < 4.78 is 5.84. The molecule has 1 aliphatic rings. The van der Waals surface area contributed by atoms with E-state index in [2.05, 4.69) is 44.2 Å². The van der Waals surface area contributed by atoms with Gasteiger partial charge in [0.25, 0.3) is 0 Å². The van der Waals surface area contributed by atoms with Crippen LogP contribution in [0, 0.1) is 5.41 Å². The lowest BCUT2D eigenvalue weighted by atomic mass is 9.79. The van der Waals surface area contributed by atoms with Gasteiger partial charge >= 0.3 is 0 Å². The molecular weight excluding hydrogens is 210 g/mol. The molecule has 2 aromatic rings. The molecule has 2 N–H and O–H groups in total. The maximum atomic E-state index is 6.34. The van der Waals surface area contributed by atoms with Crippen molar-refractivity contribution in [3.05, 3.63) is 42.0 Å². The van der Waals surface area contributed by atoms with Crippen LogP contribution in [0.3, 0.4) is 0 Å². The van der Waals surface area contributed by atoms with E-state index in [1.54, 1.807) is 0 Å². The smallest absolute Gasteiger partial charge is 0.124 e. The maximum Gasteiger partial charge on any atom is 0.124 e. The summed E-state index contributed by atoms with van der Waals surface area (Å²) in [5.74, 6) is 0.940. The third-order valence-corrected chi connectivity index (χ3v) is 3.65. The van der Waals surface area contributed by atoms with Crippen molar-refractivity contribution in [3.63, 3.8) is 0 Å². The van der Waals surface area contributed by atoms with Gasteiger partial charge in [-0.2, -0.15) is 0 Å². The van der Waals surface area contributed by atoms with Crippen LogP contribution >= 0.6 is 0 Å². The van der Waals surface area contributed by atoms with E-state index < -0.39 is 0 Å². The molecule has 0 bridgehead atoms. The van der Waals surface area contributed by atoms with Crippen molar-refractivity contribution in [2.45, 2.75) is 19.9 Å². The van der Waals surface area contributed by atoms with E-state index in [9.17, 15) is 0 Å². The molecule has 2 aromatic carbocycles. The highest BCUT2D eigenvalue weighted by atomic mass is 16.5. The normalized spacial score (nSPS) is 21.9. The molecule has 1 aliphatic heterocycles. The Balaban J connectivity index is 2.22. The number of ether oxygens (including phenoxy) is 1. The van der Waals surface area contributed by atoms with Gasteiger partial charge in [-0.25, -0.2) is 0 Å². The van der Waals surface area contributed by atoms with Crippen LogP contribution in [0.2, 0.25) is 0 Å². The summed E-state index contributed by atoms with van der Waals surface area (Å²) in [5, 5.41) is 2.43. The summed E-state index contributed by atoms with van der Waals surface area (Å²) in [7, 11) is 0. The predicted molar refractivity (Wildman–Crippen MR) is 70.2 cm³/mol. The molecule has 17 heavy (non-hydrogen) atoms. The predicted octanol–water partition coefficient (Wildman–Crippen LogP) is 3.26. The van der Waals surface area contributed by atoms with E-state index in [-0.39, 0.29) is 11.5 Å². The van der Waals surface area contributed by atoms with Crippen molar-refractivity contribution in [2.75, 3.05) is 6.61 Å². The number of hydrogen-bond donors (Lipinski definition) is 1. The molecule has 1 atom stereocenters. The van der Waals surface area contributed by atoms with E-state index in [1.807, 2.05) is 6.07 Å². The second kappa shape index (κ2) is 3.47. The molecule has 0 spiro atoms. The summed E-state index contributed by atoms with van der Waals surface area (Å²) in [4.78, 5) is 0. The Bertz CT molecular complexity index is 574. The van der Waals surface area contributed by atoms with Crippen LogP contribution in [0.1, 0.15) is 25.5 Å². The monoisotopic (exact) mass is 227 g/mol. The van der Waals surface area contributed by atoms with E-state index in [0.717, 1.165) is 11.3 Å². The van der Waals surface area contributed by atoms with Gasteiger partial charge in [0.1, 0.15) is 5.75 Å². The van der Waals surface area contributed by atoms with Crippen LogP contribution in [-0.2, 0) is 0 Å². The minimum Gasteiger partial charge on any atom is -0.493 e. The number of nitrogens with two attached hydrogens (primary N) is 1. The number of fused-ring (bicyclic) bond motifs is 2. The van der Waals surface area contributed by atoms with Gasteiger partial charge in [0.05, 0.1) is 6.61 Å². The molecule has 2 nitrogen and oxygen atoms in total. The molecule has 0 saturated carbocycles. The highest BCUT2D eigenvalue weighted by Gasteiger charge is 2.34. The van der Waals surface area contributed by atoms with Gasteiger partial charge in [0.15, 0.2) is 0 Å². The van der Waals surface area contributed by atoms with Crippen LogP contribution in [0.25, 0.3) is 10.8 Å². The highest BCUT2D eigenvalue weighted by Crippen LogP contribution is 2.42. The van der Waals surface area contributed by atoms with Crippen LogP contribution in [0.5, 0.6) is 5.75 Å². The summed E-state index contributed by atoms with van der Waals surface area (Å²) in [6, 6.07) is 12.6. The average Bonchev–Trinajstić information content (AvgIpc) is 2.33. The van der Waals surface area contributed by atoms with Crippen molar-refractivity contribution < 1.29 is 4.74 Å². The fraction of sp³-hybridized carbons (Fsp3) is 0.333. The van der Waals surface area contributed by atoms with Crippen LogP contribution in [0.15, 0.2) is 36.4 Å². The zero-order valence-corrected chi connectivity index (χ0v) is 10.2. The lowest BCUT2D eigenvalue weighted by molar-refractivity contribution is 0.123. The molecule has 88 valence electrons. The highest BCUT2D eigenvalue weighted by molar-refractivity contribution is 5.85. The summed E-state index contributed by atoms with van der Waals surface area (Å²) >= 11 is 0.